The van der Waals surface area contributed by atoms with E-state index in [1.165, 1.54) is 0 Å². The summed E-state index contributed by atoms with van der Waals surface area (Å²) >= 11 is 5.78. The van der Waals surface area contributed by atoms with Crippen molar-refractivity contribution in [3.8, 4) is 12.1 Å². The van der Waals surface area contributed by atoms with E-state index in [4.69, 9.17) is 27.9 Å². The van der Waals surface area contributed by atoms with Crippen molar-refractivity contribution >= 4 is 11.6 Å². The van der Waals surface area contributed by atoms with Crippen LogP contribution in [-0.4, -0.2) is 0 Å². The normalized spacial score (nSPS) is 11.4. The third kappa shape index (κ3) is 2.47. The molecule has 1 atom stereocenters. The van der Waals surface area contributed by atoms with E-state index in [1.54, 1.807) is 18.2 Å². The second kappa shape index (κ2) is 4.62. The molecule has 0 saturated carbocycles. The molecule has 4 heteroatoms. The number of benzene rings is 1. The molecule has 0 aliphatic heterocycles. The zero-order chi connectivity index (χ0) is 10.6. The number of nitrogens with two attached hydrogens (primary N) is 1. The summed E-state index contributed by atoms with van der Waals surface area (Å²) in [5, 5.41) is 17.6. The minimum Gasteiger partial charge on any atom is -0.323 e. The van der Waals surface area contributed by atoms with E-state index >= 15 is 0 Å². The topological polar surface area (TPSA) is 73.6 Å². The molecule has 0 aliphatic rings. The van der Waals surface area contributed by atoms with Crippen molar-refractivity contribution in [2.24, 2.45) is 5.73 Å². The van der Waals surface area contributed by atoms with E-state index in [-0.39, 0.29) is 12.5 Å². The molecule has 0 bridgehead atoms. The average Bonchev–Trinajstić information content (AvgIpc) is 2.17. The first-order valence-corrected chi connectivity index (χ1v) is 4.38. The van der Waals surface area contributed by atoms with Gasteiger partial charge in [-0.15, -0.1) is 0 Å². The third-order valence-corrected chi connectivity index (χ3v) is 2.01. The molecule has 0 aromatic heterocycles. The van der Waals surface area contributed by atoms with Crippen LogP contribution in [0.4, 0.5) is 0 Å². The van der Waals surface area contributed by atoms with Crippen molar-refractivity contribution in [2.75, 3.05) is 0 Å². The van der Waals surface area contributed by atoms with Crippen LogP contribution in [0.15, 0.2) is 18.2 Å². The average molecular weight is 206 g/mol. The SMILES string of the molecule is N#CC[C@H](N)c1cc(Cl)cc(C#N)c1. The molecular weight excluding hydrogens is 198 g/mol. The summed E-state index contributed by atoms with van der Waals surface area (Å²) in [6.07, 6.45) is 0.214. The first kappa shape index (κ1) is 10.5. The van der Waals surface area contributed by atoms with Crippen molar-refractivity contribution in [1.29, 1.82) is 10.5 Å². The van der Waals surface area contributed by atoms with E-state index < -0.39 is 0 Å². The van der Waals surface area contributed by atoms with Gasteiger partial charge in [0.1, 0.15) is 0 Å². The summed E-state index contributed by atoms with van der Waals surface area (Å²) in [7, 11) is 0. The van der Waals surface area contributed by atoms with Crippen LogP contribution in [0.3, 0.4) is 0 Å². The summed E-state index contributed by atoms with van der Waals surface area (Å²) in [4.78, 5) is 0. The molecule has 0 saturated heterocycles. The van der Waals surface area contributed by atoms with Gasteiger partial charge in [0.2, 0.25) is 0 Å². The molecule has 1 aromatic rings. The van der Waals surface area contributed by atoms with Gasteiger partial charge in [-0.1, -0.05) is 11.6 Å². The van der Waals surface area contributed by atoms with Crippen molar-refractivity contribution in [3.05, 3.63) is 34.3 Å². The zero-order valence-electron chi connectivity index (χ0n) is 7.37. The Balaban J connectivity index is 3.05. The van der Waals surface area contributed by atoms with E-state index in [0.29, 0.717) is 10.6 Å². The molecule has 2 N–H and O–H groups in total. The fraction of sp³-hybridized carbons (Fsp3) is 0.200. The molecule has 0 spiro atoms. The summed E-state index contributed by atoms with van der Waals surface area (Å²) in [5.41, 5.74) is 6.88. The number of nitriles is 2. The van der Waals surface area contributed by atoms with Gasteiger partial charge < -0.3 is 5.73 Å². The molecular formula is C10H8ClN3. The molecule has 0 unspecified atom stereocenters. The Morgan fingerprint density at radius 3 is 2.64 bits per heavy atom. The Morgan fingerprint density at radius 1 is 1.36 bits per heavy atom. The minimum atomic E-state index is -0.384. The molecule has 1 rings (SSSR count). The summed E-state index contributed by atoms with van der Waals surface area (Å²) in [6.45, 7) is 0. The highest BCUT2D eigenvalue weighted by atomic mass is 35.5. The number of nitrogens with zero attached hydrogens (tertiary/aromatic N) is 2. The van der Waals surface area contributed by atoms with Gasteiger partial charge in [0.05, 0.1) is 24.1 Å². The Kier molecular flexibility index (Phi) is 3.48. The molecule has 0 radical (unpaired) electrons. The standard InChI is InChI=1S/C10H8ClN3/c11-9-4-7(6-13)3-8(5-9)10(14)1-2-12/h3-5,10H,1,14H2/t10-/m0/s1. The van der Waals surface area contributed by atoms with Crippen LogP contribution in [0.5, 0.6) is 0 Å². The van der Waals surface area contributed by atoms with Gasteiger partial charge in [-0.3, -0.25) is 0 Å². The van der Waals surface area contributed by atoms with Crippen molar-refractivity contribution in [1.82, 2.24) is 0 Å². The van der Waals surface area contributed by atoms with Gasteiger partial charge in [-0.05, 0) is 23.8 Å². The van der Waals surface area contributed by atoms with Crippen LogP contribution in [0.1, 0.15) is 23.6 Å². The Bertz CT molecular complexity index is 414. The Labute approximate surface area is 87.3 Å². The lowest BCUT2D eigenvalue weighted by molar-refractivity contribution is 0.748. The molecule has 0 aliphatic carbocycles. The van der Waals surface area contributed by atoms with E-state index in [2.05, 4.69) is 0 Å². The van der Waals surface area contributed by atoms with Gasteiger partial charge in [-0.2, -0.15) is 10.5 Å². The van der Waals surface area contributed by atoms with Crippen LogP contribution in [0, 0.1) is 22.7 Å². The summed E-state index contributed by atoms with van der Waals surface area (Å²) in [6, 6.07) is 8.45. The van der Waals surface area contributed by atoms with Crippen molar-refractivity contribution in [2.45, 2.75) is 12.5 Å². The lowest BCUT2D eigenvalue weighted by atomic mass is 10.0. The van der Waals surface area contributed by atoms with Crippen LogP contribution >= 0.6 is 11.6 Å². The van der Waals surface area contributed by atoms with Crippen LogP contribution in [-0.2, 0) is 0 Å². The fourth-order valence-corrected chi connectivity index (χ4v) is 1.35. The highest BCUT2D eigenvalue weighted by Gasteiger charge is 2.07. The molecule has 3 nitrogen and oxygen atoms in total. The summed E-state index contributed by atoms with van der Waals surface area (Å²) in [5.74, 6) is 0. The second-order valence-electron chi connectivity index (χ2n) is 2.85. The van der Waals surface area contributed by atoms with E-state index in [9.17, 15) is 0 Å². The maximum atomic E-state index is 8.68. The lowest BCUT2D eigenvalue weighted by Gasteiger charge is -2.08. The van der Waals surface area contributed by atoms with Gasteiger partial charge >= 0.3 is 0 Å². The molecule has 1 aromatic carbocycles. The Morgan fingerprint density at radius 2 is 2.07 bits per heavy atom. The van der Waals surface area contributed by atoms with Gasteiger partial charge in [0.25, 0.3) is 0 Å². The second-order valence-corrected chi connectivity index (χ2v) is 3.29. The van der Waals surface area contributed by atoms with Crippen molar-refractivity contribution in [3.63, 3.8) is 0 Å². The smallest absolute Gasteiger partial charge is 0.0992 e. The molecule has 14 heavy (non-hydrogen) atoms. The van der Waals surface area contributed by atoms with Gasteiger partial charge in [0, 0.05) is 11.1 Å². The largest absolute Gasteiger partial charge is 0.323 e. The molecule has 70 valence electrons. The van der Waals surface area contributed by atoms with E-state index in [0.717, 1.165) is 5.56 Å². The van der Waals surface area contributed by atoms with Crippen LogP contribution in [0.25, 0.3) is 0 Å². The van der Waals surface area contributed by atoms with Gasteiger partial charge in [-0.25, -0.2) is 0 Å². The zero-order valence-corrected chi connectivity index (χ0v) is 8.12. The highest BCUT2D eigenvalue weighted by Crippen LogP contribution is 2.20. The number of hydrogen-bond donors (Lipinski definition) is 1. The molecule has 0 fully saturated rings. The fourth-order valence-electron chi connectivity index (χ4n) is 1.11. The number of rotatable bonds is 2. The maximum Gasteiger partial charge on any atom is 0.0992 e. The Hall–Kier alpha value is -1.55. The predicted octanol–water partition coefficient (Wildman–Crippen LogP) is 2.13. The maximum absolute atomic E-state index is 8.68. The minimum absolute atomic E-state index is 0.214. The van der Waals surface area contributed by atoms with Crippen LogP contribution in [0.2, 0.25) is 5.02 Å². The highest BCUT2D eigenvalue weighted by molar-refractivity contribution is 6.30. The quantitative estimate of drug-likeness (QED) is 0.804. The first-order chi connectivity index (χ1) is 6.67. The van der Waals surface area contributed by atoms with Crippen LogP contribution < -0.4 is 5.73 Å². The summed E-state index contributed by atoms with van der Waals surface area (Å²) < 4.78 is 0. The molecule has 0 heterocycles. The van der Waals surface area contributed by atoms with Gasteiger partial charge in [0.15, 0.2) is 0 Å². The monoisotopic (exact) mass is 205 g/mol. The van der Waals surface area contributed by atoms with Crippen molar-refractivity contribution < 1.29 is 0 Å². The lowest BCUT2D eigenvalue weighted by Crippen LogP contribution is -2.09. The number of halogens is 1. The first-order valence-electron chi connectivity index (χ1n) is 4.00. The van der Waals surface area contributed by atoms with E-state index in [1.807, 2.05) is 12.1 Å². The predicted molar refractivity (Wildman–Crippen MR) is 53.3 cm³/mol. The third-order valence-electron chi connectivity index (χ3n) is 1.79. The molecule has 0 amide bonds. The number of hydrogen-bond acceptors (Lipinski definition) is 3.